The SMILES string of the molecule is CCCCOCCCN(Cc1cc(C)cc(-c2cc(C)cc(-c3cc(C)cc(CN(CCCOCCCC)C(=O)c4ccccc4)c3OCC(=O)[O-])c2OCC(=O)[O-])c1OCC(=O)[O-])C(=O)c1ccccc1.[Er+3]. The second-order valence-electron chi connectivity index (χ2n) is 17.6. The molecule has 0 unspecified atom stereocenters. The monoisotopic (exact) mass is 1150 g/mol. The van der Waals surface area contributed by atoms with Crippen molar-refractivity contribution in [3.8, 4) is 39.5 Å². The molecule has 0 saturated heterocycles. The number of aliphatic carboxylic acids is 3. The van der Waals surface area contributed by atoms with Crippen LogP contribution in [0.1, 0.15) is 101 Å². The fraction of sp³-hybridized carbons (Fsp3) is 0.386. The zero-order valence-electron chi connectivity index (χ0n) is 42.2. The summed E-state index contributed by atoms with van der Waals surface area (Å²) in [4.78, 5) is 68.2. The van der Waals surface area contributed by atoms with Crippen LogP contribution in [0.25, 0.3) is 22.3 Å². The summed E-state index contributed by atoms with van der Waals surface area (Å²) in [7, 11) is 0. The van der Waals surface area contributed by atoms with E-state index in [0.717, 1.165) is 25.7 Å². The van der Waals surface area contributed by atoms with E-state index in [1.54, 1.807) is 102 Å². The standard InChI is InChI=1S/C57H68N2O13.Er/c1-6-8-24-68-26-16-22-58(56(66)42-18-12-10-13-19-42)34-44-28-39(3)30-46(53(44)70-36-50(60)61)48-32-41(5)33-49(55(48)72-38-52(64)65)47-31-40(4)29-45(54(47)71-37-51(62)63)35-59(23-17-27-69-25-9-7-2)57(67)43-20-14-11-15-21-43;/h10-15,18-21,28-33H,6-9,16-17,22-27,34-38H2,1-5H3,(H,60,61)(H,62,63)(H,64,65);/q;+3/p-3. The number of aryl methyl sites for hydroxylation is 3. The largest absolute Gasteiger partial charge is 3.00 e. The summed E-state index contributed by atoms with van der Waals surface area (Å²) >= 11 is 0. The quantitative estimate of drug-likeness (QED) is 0.0466. The first-order valence-corrected chi connectivity index (χ1v) is 24.4. The minimum absolute atomic E-state index is 0. The number of carboxylic acid groups (broad SMARTS) is 3. The second kappa shape index (κ2) is 30.9. The molecular formula is C57H65ErN2O13. The average molecular weight is 1150 g/mol. The Bertz CT molecular complexity index is 2440. The maximum atomic E-state index is 14.2. The number of hydrogen-bond acceptors (Lipinski definition) is 13. The van der Waals surface area contributed by atoms with Gasteiger partial charge in [-0.2, -0.15) is 0 Å². The van der Waals surface area contributed by atoms with Crippen molar-refractivity contribution in [2.24, 2.45) is 0 Å². The van der Waals surface area contributed by atoms with Crippen LogP contribution in [-0.4, -0.2) is 98.9 Å². The first-order valence-electron chi connectivity index (χ1n) is 24.4. The minimum Gasteiger partial charge on any atom is -0.546 e. The normalized spacial score (nSPS) is 10.8. The molecule has 1 radical (unpaired) electrons. The van der Waals surface area contributed by atoms with Crippen LogP contribution in [0, 0.1) is 58.1 Å². The van der Waals surface area contributed by atoms with E-state index in [1.807, 2.05) is 26.0 Å². The van der Waals surface area contributed by atoms with Gasteiger partial charge in [-0.15, -0.1) is 0 Å². The van der Waals surface area contributed by atoms with Gasteiger partial charge in [0.1, 0.15) is 37.1 Å². The van der Waals surface area contributed by atoms with Crippen molar-refractivity contribution in [3.05, 3.63) is 136 Å². The van der Waals surface area contributed by atoms with E-state index in [2.05, 4.69) is 13.8 Å². The Labute approximate surface area is 457 Å². The van der Waals surface area contributed by atoms with E-state index < -0.39 is 37.7 Å². The molecule has 0 atom stereocenters. The molecule has 393 valence electrons. The molecule has 0 fully saturated rings. The number of ether oxygens (including phenoxy) is 5. The molecule has 0 heterocycles. The van der Waals surface area contributed by atoms with Crippen molar-refractivity contribution in [2.75, 3.05) is 59.3 Å². The Morgan fingerprint density at radius 1 is 0.452 bits per heavy atom. The van der Waals surface area contributed by atoms with Gasteiger partial charge in [0.05, 0.1) is 17.9 Å². The number of nitrogens with zero attached hydrogens (tertiary/aromatic N) is 2. The summed E-state index contributed by atoms with van der Waals surface area (Å²) in [6.45, 7) is 9.37. The second-order valence-corrected chi connectivity index (χ2v) is 17.6. The summed E-state index contributed by atoms with van der Waals surface area (Å²) < 4.78 is 30.0. The Kier molecular flexibility index (Phi) is 25.2. The van der Waals surface area contributed by atoms with Crippen LogP contribution in [-0.2, 0) is 36.9 Å². The Morgan fingerprint density at radius 2 is 0.767 bits per heavy atom. The number of carboxylic acids is 3. The van der Waals surface area contributed by atoms with E-state index in [-0.39, 0.29) is 104 Å². The van der Waals surface area contributed by atoms with Gasteiger partial charge in [0.25, 0.3) is 11.8 Å². The van der Waals surface area contributed by atoms with Crippen LogP contribution in [0.15, 0.2) is 97.1 Å². The van der Waals surface area contributed by atoms with Gasteiger partial charge < -0.3 is 63.2 Å². The van der Waals surface area contributed by atoms with Crippen molar-refractivity contribution in [1.29, 1.82) is 0 Å². The molecule has 0 aliphatic rings. The molecule has 16 heteroatoms. The van der Waals surface area contributed by atoms with E-state index >= 15 is 0 Å². The van der Waals surface area contributed by atoms with E-state index in [1.165, 1.54) is 0 Å². The third-order valence-electron chi connectivity index (χ3n) is 11.5. The zero-order valence-corrected chi connectivity index (χ0v) is 44.1. The summed E-state index contributed by atoms with van der Waals surface area (Å²) in [5.41, 5.74) is 4.87. The predicted octanol–water partition coefficient (Wildman–Crippen LogP) is 6.03. The van der Waals surface area contributed by atoms with Crippen LogP contribution in [0.5, 0.6) is 17.2 Å². The zero-order chi connectivity index (χ0) is 52.0. The number of rotatable bonds is 31. The molecule has 0 aromatic heterocycles. The number of benzene rings is 5. The molecule has 15 nitrogen and oxygen atoms in total. The Hall–Kier alpha value is -5.98. The number of carbonyl (C=O) groups is 5. The van der Waals surface area contributed by atoms with Gasteiger partial charge in [0.15, 0.2) is 0 Å². The van der Waals surface area contributed by atoms with Crippen LogP contribution in [0.2, 0.25) is 0 Å². The molecule has 0 saturated carbocycles. The Balaban J connectivity index is 0.0000116. The maximum Gasteiger partial charge on any atom is 3.00 e. The smallest absolute Gasteiger partial charge is 0.546 e. The Morgan fingerprint density at radius 3 is 1.11 bits per heavy atom. The third-order valence-corrected chi connectivity index (χ3v) is 11.5. The van der Waals surface area contributed by atoms with Crippen molar-refractivity contribution in [2.45, 2.75) is 86.2 Å². The van der Waals surface area contributed by atoms with Gasteiger partial charge >= 0.3 is 37.3 Å². The third kappa shape index (κ3) is 18.5. The van der Waals surface area contributed by atoms with Crippen molar-refractivity contribution >= 4 is 29.7 Å². The molecule has 73 heavy (non-hydrogen) atoms. The summed E-state index contributed by atoms with van der Waals surface area (Å²) in [5, 5.41) is 36.5. The molecule has 5 aromatic carbocycles. The fourth-order valence-electron chi connectivity index (χ4n) is 8.25. The maximum absolute atomic E-state index is 14.2. The number of carbonyl (C=O) groups excluding carboxylic acids is 5. The summed E-state index contributed by atoms with van der Waals surface area (Å²) in [6, 6.07) is 28.0. The summed E-state index contributed by atoms with van der Waals surface area (Å²) in [6.07, 6.45) is 4.75. The van der Waals surface area contributed by atoms with Crippen LogP contribution in [0.4, 0.5) is 0 Å². The first kappa shape index (κ1) is 59.6. The number of amides is 2. The molecule has 0 aliphatic carbocycles. The van der Waals surface area contributed by atoms with Crippen molar-refractivity contribution < 1.29 is 100 Å². The van der Waals surface area contributed by atoms with Gasteiger partial charge in [-0.25, -0.2) is 0 Å². The fourth-order valence-corrected chi connectivity index (χ4v) is 8.25. The molecule has 0 aliphatic heterocycles. The van der Waals surface area contributed by atoms with E-state index in [9.17, 15) is 39.3 Å². The van der Waals surface area contributed by atoms with Gasteiger partial charge in [0, 0.05) is 97.1 Å². The van der Waals surface area contributed by atoms with Gasteiger partial charge in [0.2, 0.25) is 0 Å². The van der Waals surface area contributed by atoms with Gasteiger partial charge in [-0.05, 0) is 112 Å². The molecule has 5 rings (SSSR count). The number of unbranched alkanes of at least 4 members (excludes halogenated alkanes) is 2. The molecule has 2 amide bonds. The molecule has 5 aromatic rings. The predicted molar refractivity (Wildman–Crippen MR) is 266 cm³/mol. The molecule has 0 spiro atoms. The summed E-state index contributed by atoms with van der Waals surface area (Å²) in [5.74, 6) is -5.02. The van der Waals surface area contributed by atoms with Gasteiger partial charge in [-0.3, -0.25) is 9.59 Å². The van der Waals surface area contributed by atoms with Crippen LogP contribution in [0.3, 0.4) is 0 Å². The topological polar surface area (TPSA) is 207 Å². The molecule has 0 bridgehead atoms. The van der Waals surface area contributed by atoms with E-state index in [0.29, 0.717) is 89.3 Å². The minimum atomic E-state index is -1.55. The first-order chi connectivity index (χ1) is 34.7. The van der Waals surface area contributed by atoms with Crippen molar-refractivity contribution in [3.63, 3.8) is 0 Å². The van der Waals surface area contributed by atoms with E-state index in [4.69, 9.17) is 23.7 Å². The molecular weight excluding hydrogens is 1090 g/mol. The van der Waals surface area contributed by atoms with Crippen LogP contribution < -0.4 is 29.5 Å². The van der Waals surface area contributed by atoms with Crippen LogP contribution >= 0.6 is 0 Å². The molecule has 0 N–H and O–H groups in total. The van der Waals surface area contributed by atoms with Crippen molar-refractivity contribution in [1.82, 2.24) is 9.80 Å². The number of hydrogen-bond donors (Lipinski definition) is 0. The van der Waals surface area contributed by atoms with Gasteiger partial charge in [-0.1, -0.05) is 75.2 Å². The average Bonchev–Trinajstić information content (AvgIpc) is 3.36.